The maximum absolute atomic E-state index is 11.3. The van der Waals surface area contributed by atoms with Gasteiger partial charge < -0.3 is 20.1 Å². The van der Waals surface area contributed by atoms with Gasteiger partial charge in [0.25, 0.3) is 0 Å². The van der Waals surface area contributed by atoms with Crippen molar-refractivity contribution in [2.45, 2.75) is 31.1 Å². The topological polar surface area (TPSA) is 115 Å². The first kappa shape index (κ1) is 28.0. The third-order valence-corrected chi connectivity index (χ3v) is 5.57. The van der Waals surface area contributed by atoms with E-state index in [9.17, 15) is 8.42 Å². The third kappa shape index (κ3) is 9.21. The van der Waals surface area contributed by atoms with Gasteiger partial charge in [-0.1, -0.05) is 18.2 Å². The summed E-state index contributed by atoms with van der Waals surface area (Å²) in [6.45, 7) is 4.00. The van der Waals surface area contributed by atoms with Gasteiger partial charge in [-0.15, -0.1) is 24.0 Å². The van der Waals surface area contributed by atoms with Crippen LogP contribution in [0, 0.1) is 0 Å². The van der Waals surface area contributed by atoms with Crippen molar-refractivity contribution in [3.8, 4) is 11.5 Å². The van der Waals surface area contributed by atoms with Crippen LogP contribution in [-0.2, 0) is 22.9 Å². The number of ether oxygens (including phenoxy) is 2. The van der Waals surface area contributed by atoms with Crippen molar-refractivity contribution < 1.29 is 17.9 Å². The van der Waals surface area contributed by atoms with Gasteiger partial charge in [0.15, 0.2) is 17.5 Å². The fourth-order valence-corrected chi connectivity index (χ4v) is 3.55. The molecule has 0 aliphatic carbocycles. The summed E-state index contributed by atoms with van der Waals surface area (Å²) in [7, 11) is -0.289. The van der Waals surface area contributed by atoms with E-state index >= 15 is 0 Å². The number of nitrogens with two attached hydrogens (primary N) is 1. The lowest BCUT2D eigenvalue weighted by Gasteiger charge is -2.13. The van der Waals surface area contributed by atoms with Crippen LogP contribution >= 0.6 is 24.0 Å². The Bertz CT molecular complexity index is 966. The minimum atomic E-state index is -3.66. The van der Waals surface area contributed by atoms with Gasteiger partial charge in [0.2, 0.25) is 10.0 Å². The zero-order chi connectivity index (χ0) is 22.7. The number of halogens is 1. The molecule has 2 rings (SSSR count). The average Bonchev–Trinajstić information content (AvgIpc) is 2.75. The molecule has 4 N–H and O–H groups in total. The fourth-order valence-electron chi connectivity index (χ4n) is 3.04. The largest absolute Gasteiger partial charge is 0.493 e. The number of guanidine groups is 1. The van der Waals surface area contributed by atoms with E-state index < -0.39 is 10.0 Å². The monoisotopic (exact) mass is 576 g/mol. The number of benzene rings is 2. The molecule has 0 spiro atoms. The Hall–Kier alpha value is -2.05. The number of nitrogens with zero attached hydrogens (tertiary/aromatic N) is 1. The summed E-state index contributed by atoms with van der Waals surface area (Å²) >= 11 is 0. The maximum atomic E-state index is 11.3. The number of hydrogen-bond donors (Lipinski definition) is 3. The molecule has 0 atom stereocenters. The van der Waals surface area contributed by atoms with Gasteiger partial charge in [0, 0.05) is 20.1 Å². The summed E-state index contributed by atoms with van der Waals surface area (Å²) < 4.78 is 33.6. The molecule has 10 heteroatoms. The Labute approximate surface area is 208 Å². The number of nitrogens with one attached hydrogen (secondary N) is 2. The highest BCUT2D eigenvalue weighted by Gasteiger charge is 2.07. The lowest BCUT2D eigenvalue weighted by molar-refractivity contribution is 0.310. The van der Waals surface area contributed by atoms with Crippen LogP contribution < -0.4 is 25.2 Å². The molecule has 0 saturated heterocycles. The normalized spacial score (nSPS) is 11.4. The maximum Gasteiger partial charge on any atom is 0.238 e. The van der Waals surface area contributed by atoms with Crippen molar-refractivity contribution in [1.29, 1.82) is 0 Å². The number of aryl methyl sites for hydroxylation is 1. The Morgan fingerprint density at radius 3 is 2.25 bits per heavy atom. The smallest absolute Gasteiger partial charge is 0.238 e. The van der Waals surface area contributed by atoms with Crippen molar-refractivity contribution in [2.75, 3.05) is 33.9 Å². The third-order valence-electron chi connectivity index (χ3n) is 4.64. The van der Waals surface area contributed by atoms with Gasteiger partial charge in [-0.2, -0.15) is 0 Å². The minimum Gasteiger partial charge on any atom is -0.493 e. The molecule has 2 aromatic rings. The second kappa shape index (κ2) is 14.2. The van der Waals surface area contributed by atoms with Gasteiger partial charge in [0.05, 0.1) is 18.6 Å². The van der Waals surface area contributed by atoms with E-state index in [0.717, 1.165) is 48.8 Å². The molecule has 178 valence electrons. The molecule has 0 unspecified atom stereocenters. The molecule has 0 radical (unpaired) electrons. The predicted octanol–water partition coefficient (Wildman–Crippen LogP) is 2.70. The first-order valence-corrected chi connectivity index (χ1v) is 11.8. The van der Waals surface area contributed by atoms with E-state index in [2.05, 4.69) is 21.7 Å². The minimum absolute atomic E-state index is 0. The lowest BCUT2D eigenvalue weighted by atomic mass is 10.1. The molecule has 2 aromatic carbocycles. The molecule has 0 amide bonds. The zero-order valence-corrected chi connectivity index (χ0v) is 21.9. The van der Waals surface area contributed by atoms with Gasteiger partial charge in [-0.3, -0.25) is 4.99 Å². The number of hydrogen-bond acceptors (Lipinski definition) is 5. The SMILES string of the molecule is CCOc1cc(CCCNC(=NC)NCCc2ccc(S(N)(=O)=O)cc2)ccc1OC.I. The van der Waals surface area contributed by atoms with E-state index in [-0.39, 0.29) is 28.9 Å². The molecular formula is C22H33IN4O4S. The van der Waals surface area contributed by atoms with Crippen LogP contribution in [0.4, 0.5) is 0 Å². The predicted molar refractivity (Wildman–Crippen MR) is 139 cm³/mol. The molecule has 0 saturated carbocycles. The van der Waals surface area contributed by atoms with Crippen LogP contribution in [0.25, 0.3) is 0 Å². The Kier molecular flexibility index (Phi) is 12.4. The molecule has 0 heterocycles. The Morgan fingerprint density at radius 2 is 1.66 bits per heavy atom. The number of aliphatic imine (C=N–C) groups is 1. The van der Waals surface area contributed by atoms with Crippen molar-refractivity contribution in [2.24, 2.45) is 10.1 Å². The molecule has 32 heavy (non-hydrogen) atoms. The van der Waals surface area contributed by atoms with Crippen LogP contribution in [0.15, 0.2) is 52.4 Å². The summed E-state index contributed by atoms with van der Waals surface area (Å²) in [5.74, 6) is 2.24. The summed E-state index contributed by atoms with van der Waals surface area (Å²) in [5.41, 5.74) is 2.21. The van der Waals surface area contributed by atoms with E-state index in [0.29, 0.717) is 13.2 Å². The van der Waals surface area contributed by atoms with Crippen LogP contribution in [0.3, 0.4) is 0 Å². The molecule has 8 nitrogen and oxygen atoms in total. The highest BCUT2D eigenvalue weighted by molar-refractivity contribution is 14.0. The molecule has 0 aliphatic heterocycles. The first-order chi connectivity index (χ1) is 14.9. The first-order valence-electron chi connectivity index (χ1n) is 10.2. The van der Waals surface area contributed by atoms with Crippen molar-refractivity contribution in [3.63, 3.8) is 0 Å². The lowest BCUT2D eigenvalue weighted by Crippen LogP contribution is -2.38. The van der Waals surface area contributed by atoms with E-state index in [1.807, 2.05) is 19.1 Å². The van der Waals surface area contributed by atoms with E-state index in [4.69, 9.17) is 14.6 Å². The van der Waals surface area contributed by atoms with Crippen LogP contribution in [-0.4, -0.2) is 48.2 Å². The second-order valence-electron chi connectivity index (χ2n) is 6.89. The quantitative estimate of drug-likeness (QED) is 0.164. The van der Waals surface area contributed by atoms with Gasteiger partial charge in [0.1, 0.15) is 0 Å². The standard InChI is InChI=1S/C22H32N4O4S.HI/c1-4-30-21-16-18(9-12-20(21)29-3)6-5-14-25-22(24-2)26-15-13-17-7-10-19(11-8-17)31(23,27)28;/h7-12,16H,4-6,13-15H2,1-3H3,(H2,23,27,28)(H2,24,25,26);1H. The highest BCUT2D eigenvalue weighted by atomic mass is 127. The summed E-state index contributed by atoms with van der Waals surface area (Å²) in [6.07, 6.45) is 2.58. The molecular weight excluding hydrogens is 543 g/mol. The van der Waals surface area contributed by atoms with Gasteiger partial charge in [-0.25, -0.2) is 13.6 Å². The number of methoxy groups -OCH3 is 1. The summed E-state index contributed by atoms with van der Waals surface area (Å²) in [5, 5.41) is 11.7. The fraction of sp³-hybridized carbons (Fsp3) is 0.409. The molecule has 0 aromatic heterocycles. The summed E-state index contributed by atoms with van der Waals surface area (Å²) in [6, 6.07) is 12.6. The number of rotatable bonds is 11. The Morgan fingerprint density at radius 1 is 1.00 bits per heavy atom. The Balaban J connectivity index is 0.00000512. The second-order valence-corrected chi connectivity index (χ2v) is 8.45. The van der Waals surface area contributed by atoms with E-state index in [1.165, 1.54) is 17.7 Å². The van der Waals surface area contributed by atoms with Crippen molar-refractivity contribution in [1.82, 2.24) is 10.6 Å². The van der Waals surface area contributed by atoms with Crippen LogP contribution in [0.2, 0.25) is 0 Å². The summed E-state index contributed by atoms with van der Waals surface area (Å²) in [4.78, 5) is 4.35. The van der Waals surface area contributed by atoms with Gasteiger partial charge >= 0.3 is 0 Å². The van der Waals surface area contributed by atoms with Gasteiger partial charge in [-0.05, 0) is 61.6 Å². The number of sulfonamides is 1. The molecule has 0 fully saturated rings. The van der Waals surface area contributed by atoms with Crippen molar-refractivity contribution in [3.05, 3.63) is 53.6 Å². The van der Waals surface area contributed by atoms with Crippen molar-refractivity contribution >= 4 is 40.0 Å². The molecule has 0 bridgehead atoms. The van der Waals surface area contributed by atoms with Crippen LogP contribution in [0.1, 0.15) is 24.5 Å². The van der Waals surface area contributed by atoms with E-state index in [1.54, 1.807) is 26.3 Å². The highest BCUT2D eigenvalue weighted by Crippen LogP contribution is 2.28. The zero-order valence-electron chi connectivity index (χ0n) is 18.8. The van der Waals surface area contributed by atoms with Crippen LogP contribution in [0.5, 0.6) is 11.5 Å². The molecule has 0 aliphatic rings. The number of primary sulfonamides is 1. The average molecular weight is 577 g/mol.